The molecule has 12 rings (SSSR count). The Balaban J connectivity index is 1.31. The molecule has 0 radical (unpaired) electrons. The number of hydrogen-bond acceptors (Lipinski definition) is 3. The molecule has 0 bridgehead atoms. The van der Waals surface area contributed by atoms with Crippen LogP contribution in [0.1, 0.15) is 0 Å². The SMILES string of the molecule is c1ccc(-n2c3ccccc3c3c2ccc2c4c5ccc6ccccc6c5ccc4n(-c4nc5c6c(cccc6n4)Sc4ccccc4-5)c23)cc1. The van der Waals surface area contributed by atoms with Gasteiger partial charge in [-0.3, -0.25) is 4.57 Å². The van der Waals surface area contributed by atoms with Crippen molar-refractivity contribution in [3.63, 3.8) is 0 Å². The van der Waals surface area contributed by atoms with Crippen LogP contribution >= 0.6 is 11.8 Å². The Bertz CT molecular complexity index is 3280. The molecule has 0 aliphatic carbocycles. The lowest BCUT2D eigenvalue weighted by Gasteiger charge is -2.20. The van der Waals surface area contributed by atoms with Crippen LogP contribution in [0.25, 0.3) is 99.0 Å². The van der Waals surface area contributed by atoms with Crippen molar-refractivity contribution in [2.24, 2.45) is 0 Å². The zero-order chi connectivity index (χ0) is 33.2. The van der Waals surface area contributed by atoms with Gasteiger partial charge in [0.15, 0.2) is 0 Å². The second-order valence-electron chi connectivity index (χ2n) is 13.3. The van der Waals surface area contributed by atoms with Crippen molar-refractivity contribution in [3.05, 3.63) is 158 Å². The maximum absolute atomic E-state index is 5.53. The summed E-state index contributed by atoms with van der Waals surface area (Å²) in [6.45, 7) is 0. The minimum absolute atomic E-state index is 0.681. The summed E-state index contributed by atoms with van der Waals surface area (Å²) in [7, 11) is 0. The number of benzene rings is 8. The molecule has 0 spiro atoms. The molecule has 1 aliphatic rings. The summed E-state index contributed by atoms with van der Waals surface area (Å²) in [5.41, 5.74) is 8.77. The molecule has 0 atom stereocenters. The van der Waals surface area contributed by atoms with Crippen LogP contribution in [0.4, 0.5) is 0 Å². The van der Waals surface area contributed by atoms with Gasteiger partial charge in [-0.2, -0.15) is 0 Å². The molecular formula is C46H26N4S. The molecule has 0 unspecified atom stereocenters. The van der Waals surface area contributed by atoms with Gasteiger partial charge in [0, 0.05) is 48.0 Å². The highest BCUT2D eigenvalue weighted by Gasteiger charge is 2.26. The number of nitrogens with zero attached hydrogens (tertiary/aromatic N) is 4. The molecule has 3 aromatic heterocycles. The molecule has 0 N–H and O–H groups in total. The minimum Gasteiger partial charge on any atom is -0.309 e. The zero-order valence-corrected chi connectivity index (χ0v) is 28.0. The normalized spacial score (nSPS) is 12.6. The third-order valence-electron chi connectivity index (χ3n) is 10.7. The summed E-state index contributed by atoms with van der Waals surface area (Å²) in [4.78, 5) is 13.4. The van der Waals surface area contributed by atoms with E-state index in [9.17, 15) is 0 Å². The van der Waals surface area contributed by atoms with Gasteiger partial charge in [-0.1, -0.05) is 121 Å². The molecule has 5 heteroatoms. The van der Waals surface area contributed by atoms with Gasteiger partial charge in [-0.15, -0.1) is 0 Å². The fourth-order valence-electron chi connectivity index (χ4n) is 8.59. The van der Waals surface area contributed by atoms with Crippen molar-refractivity contribution in [2.75, 3.05) is 0 Å². The maximum atomic E-state index is 5.53. The van der Waals surface area contributed by atoms with Gasteiger partial charge in [-0.05, 0) is 70.1 Å². The average molecular weight is 667 g/mol. The molecular weight excluding hydrogens is 641 g/mol. The van der Waals surface area contributed by atoms with Crippen LogP contribution in [-0.4, -0.2) is 19.1 Å². The number of aromatic nitrogens is 4. The van der Waals surface area contributed by atoms with E-state index in [-0.39, 0.29) is 0 Å². The maximum Gasteiger partial charge on any atom is 0.235 e. The van der Waals surface area contributed by atoms with E-state index < -0.39 is 0 Å². The highest BCUT2D eigenvalue weighted by Crippen LogP contribution is 2.48. The summed E-state index contributed by atoms with van der Waals surface area (Å²) in [6, 6.07) is 56.9. The van der Waals surface area contributed by atoms with E-state index >= 15 is 0 Å². The van der Waals surface area contributed by atoms with Gasteiger partial charge in [-0.25, -0.2) is 9.97 Å². The smallest absolute Gasteiger partial charge is 0.235 e. The summed E-state index contributed by atoms with van der Waals surface area (Å²) in [5, 5.41) is 10.9. The van der Waals surface area contributed by atoms with E-state index in [4.69, 9.17) is 9.97 Å². The van der Waals surface area contributed by atoms with Crippen LogP contribution < -0.4 is 0 Å². The van der Waals surface area contributed by atoms with Crippen molar-refractivity contribution in [1.29, 1.82) is 0 Å². The molecule has 51 heavy (non-hydrogen) atoms. The van der Waals surface area contributed by atoms with Crippen LogP contribution in [0.15, 0.2) is 168 Å². The fourth-order valence-corrected chi connectivity index (χ4v) is 9.70. The third kappa shape index (κ3) is 3.65. The molecule has 0 saturated carbocycles. The van der Waals surface area contributed by atoms with Gasteiger partial charge in [0.05, 0.1) is 33.3 Å². The van der Waals surface area contributed by atoms with Gasteiger partial charge >= 0.3 is 0 Å². The Kier molecular flexibility index (Phi) is 5.41. The highest BCUT2D eigenvalue weighted by molar-refractivity contribution is 7.99. The van der Waals surface area contributed by atoms with Gasteiger partial charge in [0.25, 0.3) is 0 Å². The monoisotopic (exact) mass is 666 g/mol. The Labute approximate surface area is 296 Å². The first-order valence-electron chi connectivity index (χ1n) is 17.3. The van der Waals surface area contributed by atoms with E-state index in [0.717, 1.165) is 44.4 Å². The molecule has 1 aliphatic heterocycles. The lowest BCUT2D eigenvalue weighted by molar-refractivity contribution is 1.01. The van der Waals surface area contributed by atoms with Gasteiger partial charge in [0.1, 0.15) is 0 Å². The average Bonchev–Trinajstić information content (AvgIpc) is 3.71. The first-order valence-corrected chi connectivity index (χ1v) is 18.1. The Morgan fingerprint density at radius 2 is 1.14 bits per heavy atom. The fraction of sp³-hybridized carbons (Fsp3) is 0. The van der Waals surface area contributed by atoms with Crippen molar-refractivity contribution >= 4 is 87.8 Å². The van der Waals surface area contributed by atoms with Gasteiger partial charge < -0.3 is 4.57 Å². The van der Waals surface area contributed by atoms with Crippen LogP contribution in [0.5, 0.6) is 0 Å². The van der Waals surface area contributed by atoms with Crippen molar-refractivity contribution in [2.45, 2.75) is 9.79 Å². The highest BCUT2D eigenvalue weighted by atomic mass is 32.2. The molecule has 0 fully saturated rings. The topological polar surface area (TPSA) is 35.6 Å². The predicted molar refractivity (Wildman–Crippen MR) is 213 cm³/mol. The minimum atomic E-state index is 0.681. The largest absolute Gasteiger partial charge is 0.309 e. The lowest BCUT2D eigenvalue weighted by atomic mass is 9.98. The second kappa shape index (κ2) is 10.1. The molecule has 11 aromatic rings. The molecule has 236 valence electrons. The van der Waals surface area contributed by atoms with Crippen LogP contribution in [0.2, 0.25) is 0 Å². The van der Waals surface area contributed by atoms with Crippen molar-refractivity contribution < 1.29 is 0 Å². The summed E-state index contributed by atoms with van der Waals surface area (Å²) >= 11 is 1.80. The second-order valence-corrected chi connectivity index (χ2v) is 14.4. The third-order valence-corrected chi connectivity index (χ3v) is 11.8. The number of hydrogen-bond donors (Lipinski definition) is 0. The molecule has 0 saturated heterocycles. The number of rotatable bonds is 2. The summed E-state index contributed by atoms with van der Waals surface area (Å²) in [6.07, 6.45) is 0. The molecule has 0 amide bonds. The van der Waals surface area contributed by atoms with Crippen LogP contribution in [-0.2, 0) is 0 Å². The Morgan fingerprint density at radius 1 is 0.412 bits per heavy atom. The van der Waals surface area contributed by atoms with Crippen molar-refractivity contribution in [3.8, 4) is 22.9 Å². The number of fused-ring (bicyclic) bond motifs is 13. The molecule has 4 nitrogen and oxygen atoms in total. The van der Waals surface area contributed by atoms with Crippen LogP contribution in [0, 0.1) is 0 Å². The zero-order valence-electron chi connectivity index (χ0n) is 27.2. The van der Waals surface area contributed by atoms with E-state index in [0.29, 0.717) is 5.95 Å². The standard InChI is InChI=1S/C46H26N4S/c1-2-12-28(13-3-1)49-36-18-8-6-15-32(36)42-38(49)26-24-34-41-31-22-21-27-11-4-5-14-29(27)30(31)23-25-37(41)50(45(34)42)46-47-35-17-10-20-40-43(35)44(48-46)33-16-7-9-19-39(33)51-40/h1-26H. The van der Waals surface area contributed by atoms with Gasteiger partial charge in [0.2, 0.25) is 5.95 Å². The quantitative estimate of drug-likeness (QED) is 0.172. The first kappa shape index (κ1) is 27.4. The molecule has 8 aromatic carbocycles. The van der Waals surface area contributed by atoms with Crippen LogP contribution in [0.3, 0.4) is 0 Å². The van der Waals surface area contributed by atoms with E-state index in [1.165, 1.54) is 58.4 Å². The molecule has 4 heterocycles. The Morgan fingerprint density at radius 3 is 2.06 bits per heavy atom. The van der Waals surface area contributed by atoms with E-state index in [2.05, 4.69) is 167 Å². The van der Waals surface area contributed by atoms with Crippen molar-refractivity contribution in [1.82, 2.24) is 19.1 Å². The van der Waals surface area contributed by atoms with E-state index in [1.54, 1.807) is 11.8 Å². The Hall–Kier alpha value is -6.43. The predicted octanol–water partition coefficient (Wildman–Crippen LogP) is 12.3. The first-order chi connectivity index (χ1) is 25.3. The number of para-hydroxylation sites is 2. The van der Waals surface area contributed by atoms with E-state index in [1.807, 2.05) is 0 Å². The lowest BCUT2D eigenvalue weighted by Crippen LogP contribution is -2.06. The summed E-state index contributed by atoms with van der Waals surface area (Å²) in [5.74, 6) is 0.681. The summed E-state index contributed by atoms with van der Waals surface area (Å²) < 4.78 is 4.73.